The van der Waals surface area contributed by atoms with Crippen molar-refractivity contribution in [3.63, 3.8) is 0 Å². The maximum atomic E-state index is 9.26. The van der Waals surface area contributed by atoms with E-state index in [1.807, 2.05) is 0 Å². The molecule has 0 spiro atoms. The van der Waals surface area contributed by atoms with Crippen LogP contribution in [0.15, 0.2) is 18.1 Å². The molecule has 0 unspecified atom stereocenters. The predicted octanol–water partition coefficient (Wildman–Crippen LogP) is 1.11. The third-order valence-corrected chi connectivity index (χ3v) is 0.235. The summed E-state index contributed by atoms with van der Waals surface area (Å²) in [6.45, 7) is 1.74. The molecule has 0 rings (SSSR count). The summed E-state index contributed by atoms with van der Waals surface area (Å²) >= 11 is 0. The van der Waals surface area contributed by atoms with Crippen molar-refractivity contribution in [3.8, 4) is 0 Å². The third kappa shape index (κ3) is 3.32. The van der Waals surface area contributed by atoms with Gasteiger partial charge in [0.2, 0.25) is 0 Å². The van der Waals surface area contributed by atoms with E-state index in [2.05, 4.69) is 5.73 Å². The second-order valence-corrected chi connectivity index (χ2v) is 0.573. The molecule has 5 heavy (non-hydrogen) atoms. The first-order valence-electron chi connectivity index (χ1n) is 1.39. The van der Waals surface area contributed by atoms with E-state index in [1.54, 1.807) is 13.0 Å². The fourth-order valence-corrected chi connectivity index (χ4v) is 0.0680. The maximum Gasteiger partial charge on any atom is 0.184 e. The Morgan fingerprint density at radius 2 is 2.40 bits per heavy atom. The highest BCUT2D eigenvalue weighted by Crippen LogP contribution is 1.54. The van der Waals surface area contributed by atoms with Crippen molar-refractivity contribution >= 4 is 0 Å². The van der Waals surface area contributed by atoms with Gasteiger partial charge in [-0.05, 0) is 13.0 Å². The Labute approximate surface area is 31.2 Å². The summed E-state index contributed by atoms with van der Waals surface area (Å²) in [5, 5.41) is 9.26. The number of allylic oxidation sites excluding steroid dienone is 1. The van der Waals surface area contributed by atoms with Gasteiger partial charge in [-0.25, -0.2) is 0 Å². The molecule has 1 radical (unpaired) electrons. The van der Waals surface area contributed by atoms with E-state index < -0.39 is 0 Å². The van der Waals surface area contributed by atoms with E-state index in [0.29, 0.717) is 6.26 Å². The molecule has 0 atom stereocenters. The largest absolute Gasteiger partial charge is 0.289 e. The smallest absolute Gasteiger partial charge is 0.184 e. The van der Waals surface area contributed by atoms with Crippen LogP contribution in [0.2, 0.25) is 0 Å². The lowest BCUT2D eigenvalue weighted by atomic mass is 10.7. The highest BCUT2D eigenvalue weighted by atomic mass is 16.2. The Hall–Kier alpha value is -0.680. The molecule has 1 heteroatoms. The van der Waals surface area contributed by atoms with Crippen LogP contribution in [0.3, 0.4) is 0 Å². The lowest BCUT2D eigenvalue weighted by Crippen LogP contribution is -1.30. The molecule has 0 aliphatic heterocycles. The third-order valence-electron chi connectivity index (χ3n) is 0.235. The average molecular weight is 69.1 g/mol. The van der Waals surface area contributed by atoms with Gasteiger partial charge in [-0.3, -0.25) is 5.11 Å². The van der Waals surface area contributed by atoms with Gasteiger partial charge < -0.3 is 0 Å². The van der Waals surface area contributed by atoms with E-state index in [1.165, 1.54) is 0 Å². The molecular weight excluding hydrogens is 64.0 g/mol. The Morgan fingerprint density at radius 1 is 1.80 bits per heavy atom. The van der Waals surface area contributed by atoms with Crippen LogP contribution < -0.4 is 0 Å². The van der Waals surface area contributed by atoms with Gasteiger partial charge in [-0.15, -0.1) is 0 Å². The summed E-state index contributed by atoms with van der Waals surface area (Å²) in [6.07, 6.45) is 2.19. The van der Waals surface area contributed by atoms with Crippen LogP contribution in [0.4, 0.5) is 0 Å². The van der Waals surface area contributed by atoms with Crippen LogP contribution in [0, 0.1) is 0 Å². The zero-order valence-electron chi connectivity index (χ0n) is 3.06. The minimum Gasteiger partial charge on any atom is -0.289 e. The van der Waals surface area contributed by atoms with Crippen molar-refractivity contribution in [2.45, 2.75) is 6.92 Å². The van der Waals surface area contributed by atoms with Crippen LogP contribution in [-0.4, -0.2) is 0 Å². The van der Waals surface area contributed by atoms with Crippen molar-refractivity contribution in [2.75, 3.05) is 0 Å². The lowest BCUT2D eigenvalue weighted by Gasteiger charge is -1.45. The lowest BCUT2D eigenvalue weighted by molar-refractivity contribution is 0.352. The highest BCUT2D eigenvalue weighted by Gasteiger charge is 1.40. The topological polar surface area (TPSA) is 19.9 Å². The van der Waals surface area contributed by atoms with Crippen molar-refractivity contribution in [2.24, 2.45) is 0 Å². The van der Waals surface area contributed by atoms with E-state index in [0.717, 1.165) is 0 Å². The molecular formula is C4H5O. The quantitative estimate of drug-likeness (QED) is 0.300. The van der Waals surface area contributed by atoms with Crippen LogP contribution >= 0.6 is 0 Å². The molecule has 0 bridgehead atoms. The van der Waals surface area contributed by atoms with Gasteiger partial charge in [-0.1, -0.05) is 5.73 Å². The Balaban J connectivity index is 3.26. The van der Waals surface area contributed by atoms with Crippen LogP contribution in [0.1, 0.15) is 6.92 Å². The molecule has 1 nitrogen and oxygen atoms in total. The molecule has 0 aromatic carbocycles. The summed E-state index contributed by atoms with van der Waals surface area (Å²) in [7, 11) is 0. The minimum absolute atomic E-state index is 0.625. The molecule has 0 aromatic heterocycles. The minimum atomic E-state index is 0.625. The first-order chi connectivity index (χ1) is 2.41. The summed E-state index contributed by atoms with van der Waals surface area (Å²) in [6, 6.07) is 0. The molecule has 0 aliphatic carbocycles. The van der Waals surface area contributed by atoms with Gasteiger partial charge in [0.05, 0.1) is 0 Å². The molecule has 0 aliphatic rings. The summed E-state index contributed by atoms with van der Waals surface area (Å²) in [4.78, 5) is 0. The number of hydrogen-bond donors (Lipinski definition) is 0. The molecule has 0 fully saturated rings. The van der Waals surface area contributed by atoms with Crippen molar-refractivity contribution in [3.05, 3.63) is 18.1 Å². The SMILES string of the molecule is CC=C=C[O]. The predicted molar refractivity (Wildman–Crippen MR) is 19.0 cm³/mol. The van der Waals surface area contributed by atoms with Gasteiger partial charge in [0, 0.05) is 0 Å². The number of rotatable bonds is 0. The fraction of sp³-hybridized carbons (Fsp3) is 0.250. The van der Waals surface area contributed by atoms with E-state index >= 15 is 0 Å². The first-order valence-corrected chi connectivity index (χ1v) is 1.39. The zero-order valence-corrected chi connectivity index (χ0v) is 3.06. The second-order valence-electron chi connectivity index (χ2n) is 0.573. The van der Waals surface area contributed by atoms with Crippen molar-refractivity contribution in [1.29, 1.82) is 0 Å². The van der Waals surface area contributed by atoms with Crippen LogP contribution in [0.5, 0.6) is 0 Å². The highest BCUT2D eigenvalue weighted by molar-refractivity contribution is 4.71. The Kier molecular flexibility index (Phi) is 2.87. The summed E-state index contributed by atoms with van der Waals surface area (Å²) < 4.78 is 0. The Morgan fingerprint density at radius 3 is 2.40 bits per heavy atom. The molecule has 0 saturated heterocycles. The second kappa shape index (κ2) is 3.32. The molecule has 0 heterocycles. The van der Waals surface area contributed by atoms with Crippen LogP contribution in [0.25, 0.3) is 0 Å². The van der Waals surface area contributed by atoms with Crippen LogP contribution in [-0.2, 0) is 5.11 Å². The van der Waals surface area contributed by atoms with Crippen molar-refractivity contribution < 1.29 is 5.11 Å². The van der Waals surface area contributed by atoms with E-state index in [-0.39, 0.29) is 0 Å². The monoisotopic (exact) mass is 69.0 g/mol. The molecule has 0 saturated carbocycles. The molecule has 27 valence electrons. The van der Waals surface area contributed by atoms with Gasteiger partial charge in [-0.2, -0.15) is 0 Å². The van der Waals surface area contributed by atoms with Crippen molar-refractivity contribution in [1.82, 2.24) is 0 Å². The number of hydrogen-bond acceptors (Lipinski definition) is 0. The van der Waals surface area contributed by atoms with Gasteiger partial charge in [0.1, 0.15) is 0 Å². The van der Waals surface area contributed by atoms with Gasteiger partial charge >= 0.3 is 0 Å². The molecule has 0 aromatic rings. The summed E-state index contributed by atoms with van der Waals surface area (Å²) in [5.74, 6) is 0. The Bertz CT molecular complexity index is 52.0. The normalized spacial score (nSPS) is 5.00. The van der Waals surface area contributed by atoms with Gasteiger partial charge in [0.15, 0.2) is 6.26 Å². The molecule has 0 N–H and O–H groups in total. The standard InChI is InChI=1S/C4H5O/c1-2-3-4-5/h2,4H,1H3. The van der Waals surface area contributed by atoms with E-state index in [9.17, 15) is 5.11 Å². The van der Waals surface area contributed by atoms with E-state index in [4.69, 9.17) is 0 Å². The average Bonchev–Trinajstić information content (AvgIpc) is 1.41. The first kappa shape index (κ1) is 4.32. The zero-order chi connectivity index (χ0) is 4.12. The summed E-state index contributed by atoms with van der Waals surface area (Å²) in [5.41, 5.74) is 2.31. The maximum absolute atomic E-state index is 9.26. The molecule has 0 amide bonds. The fourth-order valence-electron chi connectivity index (χ4n) is 0.0680. The van der Waals surface area contributed by atoms with Gasteiger partial charge in [0.25, 0.3) is 0 Å².